The first kappa shape index (κ1) is 11.8. The lowest BCUT2D eigenvalue weighted by Gasteiger charge is -2.29. The van der Waals surface area contributed by atoms with Crippen LogP contribution in [0.25, 0.3) is 0 Å². The molecule has 4 heteroatoms. The second-order valence-corrected chi connectivity index (χ2v) is 4.27. The molecule has 0 saturated heterocycles. The lowest BCUT2D eigenvalue weighted by Crippen LogP contribution is -2.36. The van der Waals surface area contributed by atoms with Crippen LogP contribution in [0.4, 0.5) is 10.1 Å². The lowest BCUT2D eigenvalue weighted by molar-refractivity contribution is -0.119. The van der Waals surface area contributed by atoms with Gasteiger partial charge in [0.2, 0.25) is 5.91 Å². The van der Waals surface area contributed by atoms with Gasteiger partial charge in [-0.1, -0.05) is 0 Å². The number of ketones is 1. The van der Waals surface area contributed by atoms with Crippen LogP contribution in [0.15, 0.2) is 18.2 Å². The van der Waals surface area contributed by atoms with Gasteiger partial charge in [-0.05, 0) is 37.1 Å². The number of halogens is 1. The van der Waals surface area contributed by atoms with Gasteiger partial charge in [0.05, 0.1) is 0 Å². The molecule has 0 aromatic heterocycles. The molecule has 0 unspecified atom stereocenters. The Morgan fingerprint density at radius 2 is 2.18 bits per heavy atom. The zero-order valence-electron chi connectivity index (χ0n) is 9.70. The van der Waals surface area contributed by atoms with Crippen LogP contribution in [0, 0.1) is 5.82 Å². The molecule has 0 atom stereocenters. The zero-order valence-corrected chi connectivity index (χ0v) is 9.70. The summed E-state index contributed by atoms with van der Waals surface area (Å²) in [6, 6.07) is 4.42. The van der Waals surface area contributed by atoms with E-state index in [2.05, 4.69) is 0 Å². The molecule has 1 aliphatic rings. The summed E-state index contributed by atoms with van der Waals surface area (Å²) >= 11 is 0. The van der Waals surface area contributed by atoms with E-state index in [0.29, 0.717) is 25.8 Å². The molecule has 1 amide bonds. The van der Waals surface area contributed by atoms with Crippen molar-refractivity contribution < 1.29 is 14.0 Å². The van der Waals surface area contributed by atoms with Gasteiger partial charge in [0.15, 0.2) is 0 Å². The van der Waals surface area contributed by atoms with E-state index < -0.39 is 0 Å². The fourth-order valence-electron chi connectivity index (χ4n) is 2.04. The number of hydrogen-bond acceptors (Lipinski definition) is 2. The highest BCUT2D eigenvalue weighted by molar-refractivity contribution is 5.96. The molecule has 90 valence electrons. The highest BCUT2D eigenvalue weighted by Crippen LogP contribution is 2.28. The minimum absolute atomic E-state index is 0.00496. The molecular formula is C13H14FNO2. The van der Waals surface area contributed by atoms with Gasteiger partial charge in [0.25, 0.3) is 0 Å². The van der Waals surface area contributed by atoms with Gasteiger partial charge in [-0.2, -0.15) is 0 Å². The number of benzene rings is 1. The van der Waals surface area contributed by atoms with E-state index in [1.54, 1.807) is 11.0 Å². The Bertz CT molecular complexity index is 470. The van der Waals surface area contributed by atoms with E-state index in [-0.39, 0.29) is 17.5 Å². The van der Waals surface area contributed by atoms with Crippen molar-refractivity contribution in [3.8, 4) is 0 Å². The van der Waals surface area contributed by atoms with E-state index in [9.17, 15) is 14.0 Å². The van der Waals surface area contributed by atoms with Gasteiger partial charge in [0.1, 0.15) is 11.6 Å². The maximum atomic E-state index is 13.1. The van der Waals surface area contributed by atoms with Gasteiger partial charge in [-0.25, -0.2) is 4.39 Å². The van der Waals surface area contributed by atoms with Crippen molar-refractivity contribution in [2.24, 2.45) is 0 Å². The first-order chi connectivity index (χ1) is 8.08. The molecule has 0 spiro atoms. The van der Waals surface area contributed by atoms with Gasteiger partial charge in [-0.3, -0.25) is 9.59 Å². The summed E-state index contributed by atoms with van der Waals surface area (Å²) in [5.41, 5.74) is 1.58. The molecule has 0 N–H and O–H groups in total. The number of nitrogens with zero attached hydrogens (tertiary/aromatic N) is 1. The number of hydrogen-bond donors (Lipinski definition) is 0. The van der Waals surface area contributed by atoms with Crippen LogP contribution in [0.3, 0.4) is 0 Å². The summed E-state index contributed by atoms with van der Waals surface area (Å²) in [4.78, 5) is 24.3. The van der Waals surface area contributed by atoms with Crippen molar-refractivity contribution in [3.05, 3.63) is 29.6 Å². The Hall–Kier alpha value is -1.71. The van der Waals surface area contributed by atoms with Crippen molar-refractivity contribution in [1.82, 2.24) is 0 Å². The Labute approximate surface area is 99.2 Å². The molecule has 1 aromatic rings. The first-order valence-corrected chi connectivity index (χ1v) is 5.66. The fourth-order valence-corrected chi connectivity index (χ4v) is 2.04. The van der Waals surface area contributed by atoms with Crippen LogP contribution < -0.4 is 4.90 Å². The number of amides is 1. The lowest BCUT2D eigenvalue weighted by atomic mass is 10.0. The van der Waals surface area contributed by atoms with Crippen molar-refractivity contribution in [2.75, 3.05) is 11.4 Å². The van der Waals surface area contributed by atoms with Crippen LogP contribution >= 0.6 is 0 Å². The highest BCUT2D eigenvalue weighted by atomic mass is 19.1. The predicted molar refractivity (Wildman–Crippen MR) is 62.4 cm³/mol. The van der Waals surface area contributed by atoms with E-state index in [4.69, 9.17) is 0 Å². The van der Waals surface area contributed by atoms with Crippen LogP contribution in [-0.2, 0) is 16.0 Å². The number of fused-ring (bicyclic) bond motifs is 1. The summed E-state index contributed by atoms with van der Waals surface area (Å²) in [6.07, 6.45) is 1.29. The Kier molecular flexibility index (Phi) is 3.22. The van der Waals surface area contributed by atoms with Crippen LogP contribution in [-0.4, -0.2) is 18.2 Å². The van der Waals surface area contributed by atoms with Crippen molar-refractivity contribution in [3.63, 3.8) is 0 Å². The third-order valence-corrected chi connectivity index (χ3v) is 2.93. The summed E-state index contributed by atoms with van der Waals surface area (Å²) in [5, 5.41) is 0. The van der Waals surface area contributed by atoms with Crippen molar-refractivity contribution >= 4 is 17.4 Å². The fraction of sp³-hybridized carbons (Fsp3) is 0.385. The molecule has 3 nitrogen and oxygen atoms in total. The largest absolute Gasteiger partial charge is 0.312 e. The van der Waals surface area contributed by atoms with Crippen molar-refractivity contribution in [1.29, 1.82) is 0 Å². The molecular weight excluding hydrogens is 221 g/mol. The quantitative estimate of drug-likeness (QED) is 0.804. The zero-order chi connectivity index (χ0) is 12.4. The number of carbonyl (C=O) groups is 2. The summed E-state index contributed by atoms with van der Waals surface area (Å²) < 4.78 is 13.1. The molecule has 17 heavy (non-hydrogen) atoms. The van der Waals surface area contributed by atoms with Crippen molar-refractivity contribution in [2.45, 2.75) is 26.2 Å². The molecule has 1 aromatic carbocycles. The smallest absolute Gasteiger partial charge is 0.227 e. The Balaban J connectivity index is 2.27. The van der Waals surface area contributed by atoms with E-state index in [1.807, 2.05) is 0 Å². The minimum Gasteiger partial charge on any atom is -0.312 e. The van der Waals surface area contributed by atoms with Crippen LogP contribution in [0.1, 0.15) is 25.3 Å². The van der Waals surface area contributed by atoms with Crippen LogP contribution in [0.2, 0.25) is 0 Å². The number of anilines is 1. The second kappa shape index (κ2) is 4.65. The second-order valence-electron chi connectivity index (χ2n) is 4.27. The third-order valence-electron chi connectivity index (χ3n) is 2.93. The van der Waals surface area contributed by atoms with E-state index in [1.165, 1.54) is 19.1 Å². The van der Waals surface area contributed by atoms with Gasteiger partial charge >= 0.3 is 0 Å². The molecule has 0 fully saturated rings. The average molecular weight is 235 g/mol. The van der Waals surface area contributed by atoms with Gasteiger partial charge in [-0.15, -0.1) is 0 Å². The highest BCUT2D eigenvalue weighted by Gasteiger charge is 2.24. The van der Waals surface area contributed by atoms with E-state index in [0.717, 1.165) is 11.3 Å². The third kappa shape index (κ3) is 2.52. The Morgan fingerprint density at radius 1 is 1.41 bits per heavy atom. The molecule has 1 aliphatic heterocycles. The SMILES string of the molecule is CC(=O)CCN1C(=O)CCc2cc(F)ccc21. The maximum Gasteiger partial charge on any atom is 0.227 e. The average Bonchev–Trinajstić information content (AvgIpc) is 2.27. The van der Waals surface area contributed by atoms with Crippen LogP contribution in [0.5, 0.6) is 0 Å². The predicted octanol–water partition coefficient (Wildman–Crippen LogP) is 2.08. The normalized spacial score (nSPS) is 14.7. The van der Waals surface area contributed by atoms with Gasteiger partial charge in [0, 0.05) is 25.1 Å². The molecule has 0 radical (unpaired) electrons. The summed E-state index contributed by atoms with van der Waals surface area (Å²) in [6.45, 7) is 1.88. The first-order valence-electron chi connectivity index (χ1n) is 5.66. The maximum absolute atomic E-state index is 13.1. The molecule has 1 heterocycles. The van der Waals surface area contributed by atoms with Gasteiger partial charge < -0.3 is 4.90 Å². The topological polar surface area (TPSA) is 37.4 Å². The minimum atomic E-state index is -0.287. The molecule has 0 bridgehead atoms. The molecule has 2 rings (SSSR count). The summed E-state index contributed by atoms with van der Waals surface area (Å²) in [5.74, 6) is -0.234. The molecule has 0 aliphatic carbocycles. The summed E-state index contributed by atoms with van der Waals surface area (Å²) in [7, 11) is 0. The monoisotopic (exact) mass is 235 g/mol. The number of rotatable bonds is 3. The Morgan fingerprint density at radius 3 is 2.88 bits per heavy atom. The standard InChI is InChI=1S/C13H14FNO2/c1-9(16)6-7-15-12-4-3-11(14)8-10(12)2-5-13(15)17/h3-4,8H,2,5-7H2,1H3. The van der Waals surface area contributed by atoms with E-state index >= 15 is 0 Å². The number of carbonyl (C=O) groups excluding carboxylic acids is 2. The molecule has 0 saturated carbocycles. The number of Topliss-reactive ketones (excluding diaryl/α,β-unsaturated/α-hetero) is 1. The number of aryl methyl sites for hydroxylation is 1.